The lowest BCUT2D eigenvalue weighted by atomic mass is 9.77. The number of rotatable bonds is 2. The molecule has 0 heterocycles. The molecule has 1 heteroatoms. The summed E-state index contributed by atoms with van der Waals surface area (Å²) in [6.45, 7) is 6.49. The van der Waals surface area contributed by atoms with Gasteiger partial charge in [-0.15, -0.1) is 0 Å². The van der Waals surface area contributed by atoms with Gasteiger partial charge in [0.25, 0.3) is 0 Å². The Balaban J connectivity index is 2.70. The standard InChI is InChI=1S/C15H19N/c1-11(16)15(2,3)14-10-6-8-12-7-4-5-9-13(12)14/h4-11H,16H2,1-3H3. The first-order chi connectivity index (χ1) is 7.53. The molecule has 0 spiro atoms. The maximum Gasteiger partial charge on any atom is 0.0103 e. The quantitative estimate of drug-likeness (QED) is 0.812. The molecule has 1 unspecified atom stereocenters. The van der Waals surface area contributed by atoms with Crippen LogP contribution < -0.4 is 5.73 Å². The Morgan fingerprint density at radius 1 is 1.00 bits per heavy atom. The summed E-state index contributed by atoms with van der Waals surface area (Å²) in [5, 5.41) is 2.60. The summed E-state index contributed by atoms with van der Waals surface area (Å²) in [7, 11) is 0. The van der Waals surface area contributed by atoms with Gasteiger partial charge in [0, 0.05) is 11.5 Å². The minimum absolute atomic E-state index is 0.000856. The van der Waals surface area contributed by atoms with Gasteiger partial charge < -0.3 is 5.73 Å². The second-order valence-electron chi connectivity index (χ2n) is 5.04. The molecule has 0 bridgehead atoms. The molecule has 0 aliphatic heterocycles. The predicted molar refractivity (Wildman–Crippen MR) is 70.6 cm³/mol. The zero-order chi connectivity index (χ0) is 11.8. The summed E-state index contributed by atoms with van der Waals surface area (Å²) in [6, 6.07) is 15.1. The van der Waals surface area contributed by atoms with Crippen molar-refractivity contribution in [2.45, 2.75) is 32.2 Å². The van der Waals surface area contributed by atoms with Crippen LogP contribution in [0.25, 0.3) is 10.8 Å². The summed E-state index contributed by atoms with van der Waals surface area (Å²) in [6.07, 6.45) is 0. The van der Waals surface area contributed by atoms with Gasteiger partial charge in [-0.05, 0) is 23.3 Å². The largest absolute Gasteiger partial charge is 0.327 e. The average Bonchev–Trinajstić information content (AvgIpc) is 2.28. The fourth-order valence-electron chi connectivity index (χ4n) is 2.03. The van der Waals surface area contributed by atoms with E-state index in [-0.39, 0.29) is 11.5 Å². The topological polar surface area (TPSA) is 26.0 Å². The van der Waals surface area contributed by atoms with Crippen molar-refractivity contribution in [1.82, 2.24) is 0 Å². The Morgan fingerprint density at radius 2 is 1.62 bits per heavy atom. The lowest BCUT2D eigenvalue weighted by Gasteiger charge is -2.30. The Hall–Kier alpha value is -1.34. The molecule has 0 aromatic heterocycles. The van der Waals surface area contributed by atoms with E-state index in [1.807, 2.05) is 0 Å². The molecule has 1 atom stereocenters. The zero-order valence-electron chi connectivity index (χ0n) is 10.2. The Morgan fingerprint density at radius 3 is 2.31 bits per heavy atom. The van der Waals surface area contributed by atoms with E-state index in [1.54, 1.807) is 0 Å². The Bertz CT molecular complexity index is 492. The number of hydrogen-bond donors (Lipinski definition) is 1. The van der Waals surface area contributed by atoms with Gasteiger partial charge in [0.05, 0.1) is 0 Å². The lowest BCUT2D eigenvalue weighted by molar-refractivity contribution is 0.437. The second kappa shape index (κ2) is 3.91. The van der Waals surface area contributed by atoms with Crippen LogP contribution in [0.3, 0.4) is 0 Å². The van der Waals surface area contributed by atoms with Crippen LogP contribution >= 0.6 is 0 Å². The van der Waals surface area contributed by atoms with E-state index in [0.29, 0.717) is 0 Å². The molecule has 0 radical (unpaired) electrons. The summed E-state index contributed by atoms with van der Waals surface area (Å²) in [5.41, 5.74) is 7.43. The molecular weight excluding hydrogens is 194 g/mol. The molecule has 2 aromatic rings. The van der Waals surface area contributed by atoms with Crippen LogP contribution in [0.15, 0.2) is 42.5 Å². The summed E-state index contributed by atoms with van der Waals surface area (Å²) >= 11 is 0. The van der Waals surface area contributed by atoms with Gasteiger partial charge in [-0.1, -0.05) is 56.3 Å². The van der Waals surface area contributed by atoms with Gasteiger partial charge in [0.1, 0.15) is 0 Å². The first-order valence-electron chi connectivity index (χ1n) is 5.77. The molecule has 2 aromatic carbocycles. The minimum Gasteiger partial charge on any atom is -0.327 e. The summed E-state index contributed by atoms with van der Waals surface area (Å²) in [5.74, 6) is 0. The first-order valence-corrected chi connectivity index (χ1v) is 5.77. The fourth-order valence-corrected chi connectivity index (χ4v) is 2.03. The molecule has 2 rings (SSSR count). The van der Waals surface area contributed by atoms with Gasteiger partial charge >= 0.3 is 0 Å². The van der Waals surface area contributed by atoms with Crippen LogP contribution in [0.4, 0.5) is 0 Å². The fraction of sp³-hybridized carbons (Fsp3) is 0.333. The maximum atomic E-state index is 6.09. The number of nitrogens with two attached hydrogens (primary N) is 1. The molecule has 0 saturated carbocycles. The molecule has 0 saturated heterocycles. The van der Waals surface area contributed by atoms with Crippen LogP contribution in [0.2, 0.25) is 0 Å². The Kier molecular flexibility index (Phi) is 2.73. The van der Waals surface area contributed by atoms with Crippen LogP contribution in [-0.4, -0.2) is 6.04 Å². The third kappa shape index (κ3) is 1.72. The smallest absolute Gasteiger partial charge is 0.0103 e. The van der Waals surface area contributed by atoms with E-state index >= 15 is 0 Å². The second-order valence-corrected chi connectivity index (χ2v) is 5.04. The SMILES string of the molecule is CC(N)C(C)(C)c1cccc2ccccc12. The van der Waals surface area contributed by atoms with E-state index < -0.39 is 0 Å². The minimum atomic E-state index is 0.000856. The average molecular weight is 213 g/mol. The van der Waals surface area contributed by atoms with E-state index in [0.717, 1.165) is 0 Å². The monoisotopic (exact) mass is 213 g/mol. The molecule has 0 fully saturated rings. The van der Waals surface area contributed by atoms with Crippen LogP contribution in [0.5, 0.6) is 0 Å². The van der Waals surface area contributed by atoms with E-state index in [2.05, 4.69) is 63.2 Å². The van der Waals surface area contributed by atoms with Gasteiger partial charge in [-0.2, -0.15) is 0 Å². The summed E-state index contributed by atoms with van der Waals surface area (Å²) in [4.78, 5) is 0. The molecule has 16 heavy (non-hydrogen) atoms. The number of hydrogen-bond acceptors (Lipinski definition) is 1. The highest BCUT2D eigenvalue weighted by atomic mass is 14.7. The van der Waals surface area contributed by atoms with Crippen molar-refractivity contribution in [3.63, 3.8) is 0 Å². The highest BCUT2D eigenvalue weighted by Gasteiger charge is 2.26. The van der Waals surface area contributed by atoms with Crippen molar-refractivity contribution < 1.29 is 0 Å². The number of fused-ring (bicyclic) bond motifs is 1. The number of benzene rings is 2. The zero-order valence-corrected chi connectivity index (χ0v) is 10.2. The van der Waals surface area contributed by atoms with Crippen molar-refractivity contribution in [3.8, 4) is 0 Å². The normalized spacial score (nSPS) is 14.0. The van der Waals surface area contributed by atoms with Gasteiger partial charge in [0.15, 0.2) is 0 Å². The highest BCUT2D eigenvalue weighted by Crippen LogP contribution is 2.32. The van der Waals surface area contributed by atoms with Crippen molar-refractivity contribution in [2.75, 3.05) is 0 Å². The first kappa shape index (κ1) is 11.2. The third-order valence-electron chi connectivity index (χ3n) is 3.62. The van der Waals surface area contributed by atoms with Crippen molar-refractivity contribution in [1.29, 1.82) is 0 Å². The van der Waals surface area contributed by atoms with Gasteiger partial charge in [-0.25, -0.2) is 0 Å². The van der Waals surface area contributed by atoms with Gasteiger partial charge in [-0.3, -0.25) is 0 Å². The lowest BCUT2D eigenvalue weighted by Crippen LogP contribution is -2.38. The van der Waals surface area contributed by atoms with E-state index in [4.69, 9.17) is 5.73 Å². The van der Waals surface area contributed by atoms with Crippen LogP contribution in [0, 0.1) is 0 Å². The van der Waals surface area contributed by atoms with E-state index in [9.17, 15) is 0 Å². The molecule has 0 amide bonds. The summed E-state index contributed by atoms with van der Waals surface area (Å²) < 4.78 is 0. The molecular formula is C15H19N. The van der Waals surface area contributed by atoms with Crippen molar-refractivity contribution in [3.05, 3.63) is 48.0 Å². The van der Waals surface area contributed by atoms with Crippen LogP contribution in [-0.2, 0) is 5.41 Å². The van der Waals surface area contributed by atoms with Gasteiger partial charge in [0.2, 0.25) is 0 Å². The highest BCUT2D eigenvalue weighted by molar-refractivity contribution is 5.86. The maximum absolute atomic E-state index is 6.09. The molecule has 84 valence electrons. The van der Waals surface area contributed by atoms with Crippen LogP contribution in [0.1, 0.15) is 26.3 Å². The van der Waals surface area contributed by atoms with Crippen molar-refractivity contribution >= 4 is 10.8 Å². The van der Waals surface area contributed by atoms with E-state index in [1.165, 1.54) is 16.3 Å². The third-order valence-corrected chi connectivity index (χ3v) is 3.62. The van der Waals surface area contributed by atoms with Crippen molar-refractivity contribution in [2.24, 2.45) is 5.73 Å². The molecule has 0 aliphatic rings. The molecule has 0 aliphatic carbocycles. The predicted octanol–water partition coefficient (Wildman–Crippen LogP) is 3.46. The Labute approximate surface area is 97.3 Å². The molecule has 2 N–H and O–H groups in total. The molecule has 1 nitrogen and oxygen atoms in total.